The number of hydrogen-bond acceptors (Lipinski definition) is 2. The van der Waals surface area contributed by atoms with Gasteiger partial charge >= 0.3 is 0 Å². The number of imidazole rings is 1. The lowest BCUT2D eigenvalue weighted by molar-refractivity contribution is 0.102. The summed E-state index contributed by atoms with van der Waals surface area (Å²) in [6.07, 6.45) is 7.18. The predicted molar refractivity (Wildman–Crippen MR) is 107 cm³/mol. The van der Waals surface area contributed by atoms with Crippen molar-refractivity contribution in [2.45, 2.75) is 52.9 Å². The van der Waals surface area contributed by atoms with Crippen LogP contribution in [0.5, 0.6) is 0 Å². The molecule has 4 heteroatoms. The van der Waals surface area contributed by atoms with E-state index in [0.717, 1.165) is 41.9 Å². The number of aromatic nitrogens is 2. The first-order valence-corrected chi connectivity index (χ1v) is 9.50. The Morgan fingerprint density at radius 2 is 1.81 bits per heavy atom. The molecule has 0 aliphatic carbocycles. The number of nitrogens with zero attached hydrogens (tertiary/aromatic N) is 2. The number of amides is 1. The number of aryl methyl sites for hydroxylation is 3. The maximum atomic E-state index is 13.0. The zero-order chi connectivity index (χ0) is 18.5. The Balaban J connectivity index is 1.87. The van der Waals surface area contributed by atoms with Crippen LogP contribution in [0.2, 0.25) is 0 Å². The lowest BCUT2D eigenvalue weighted by Gasteiger charge is -2.08. The number of benzene rings is 1. The van der Waals surface area contributed by atoms with Crippen LogP contribution >= 0.6 is 0 Å². The molecule has 0 unspecified atom stereocenters. The van der Waals surface area contributed by atoms with Crippen LogP contribution in [0, 0.1) is 6.92 Å². The number of nitrogens with one attached hydrogen (secondary N) is 1. The van der Waals surface area contributed by atoms with Crippen molar-refractivity contribution in [1.29, 1.82) is 0 Å². The molecule has 26 heavy (non-hydrogen) atoms. The van der Waals surface area contributed by atoms with Crippen LogP contribution in [0.25, 0.3) is 5.65 Å². The summed E-state index contributed by atoms with van der Waals surface area (Å²) in [6.45, 7) is 6.32. The molecule has 0 saturated carbocycles. The van der Waals surface area contributed by atoms with Crippen LogP contribution < -0.4 is 5.32 Å². The molecule has 0 bridgehead atoms. The molecule has 0 atom stereocenters. The van der Waals surface area contributed by atoms with Crippen molar-refractivity contribution in [3.63, 3.8) is 0 Å². The average molecular weight is 349 g/mol. The molecule has 0 aliphatic rings. The highest BCUT2D eigenvalue weighted by Crippen LogP contribution is 2.19. The van der Waals surface area contributed by atoms with Crippen molar-refractivity contribution in [3.8, 4) is 0 Å². The molecular formula is C22H27N3O. The Morgan fingerprint density at radius 3 is 2.50 bits per heavy atom. The van der Waals surface area contributed by atoms with Gasteiger partial charge in [0, 0.05) is 11.9 Å². The third-order valence-electron chi connectivity index (χ3n) is 4.57. The van der Waals surface area contributed by atoms with E-state index in [2.05, 4.69) is 36.3 Å². The van der Waals surface area contributed by atoms with Gasteiger partial charge < -0.3 is 5.32 Å². The van der Waals surface area contributed by atoms with Gasteiger partial charge in [0.05, 0.1) is 5.69 Å². The third-order valence-corrected chi connectivity index (χ3v) is 4.57. The molecule has 4 nitrogen and oxygen atoms in total. The zero-order valence-corrected chi connectivity index (χ0v) is 15.9. The molecule has 0 radical (unpaired) electrons. The summed E-state index contributed by atoms with van der Waals surface area (Å²) in [4.78, 5) is 17.6. The average Bonchev–Trinajstić information content (AvgIpc) is 2.98. The maximum absolute atomic E-state index is 13.0. The highest BCUT2D eigenvalue weighted by molar-refractivity contribution is 6.04. The molecule has 1 N–H and O–H groups in total. The van der Waals surface area contributed by atoms with Gasteiger partial charge in [0.15, 0.2) is 0 Å². The third kappa shape index (κ3) is 3.96. The van der Waals surface area contributed by atoms with Gasteiger partial charge in [0.25, 0.3) is 5.91 Å². The molecule has 2 aromatic heterocycles. The van der Waals surface area contributed by atoms with Gasteiger partial charge in [-0.15, -0.1) is 0 Å². The number of hydrogen-bond donors (Lipinski definition) is 1. The molecule has 0 aliphatic heterocycles. The number of carbonyl (C=O) groups is 1. The number of fused-ring (bicyclic) bond motifs is 1. The van der Waals surface area contributed by atoms with E-state index in [0.29, 0.717) is 5.69 Å². The van der Waals surface area contributed by atoms with Crippen LogP contribution in [0.15, 0.2) is 42.6 Å². The minimum atomic E-state index is -0.104. The highest BCUT2D eigenvalue weighted by Gasteiger charge is 2.19. The normalized spacial score (nSPS) is 11.0. The van der Waals surface area contributed by atoms with Crippen molar-refractivity contribution in [2.24, 2.45) is 0 Å². The molecule has 3 aromatic rings. The van der Waals surface area contributed by atoms with Crippen molar-refractivity contribution in [2.75, 3.05) is 5.32 Å². The van der Waals surface area contributed by atoms with E-state index >= 15 is 0 Å². The van der Waals surface area contributed by atoms with Crippen LogP contribution in [0.4, 0.5) is 5.69 Å². The number of unbranched alkanes of at least 4 members (excludes halogenated alkanes) is 1. The topological polar surface area (TPSA) is 46.4 Å². The molecule has 1 aromatic carbocycles. The van der Waals surface area contributed by atoms with Gasteiger partial charge in [-0.05, 0) is 55.5 Å². The zero-order valence-electron chi connectivity index (χ0n) is 15.9. The quantitative estimate of drug-likeness (QED) is 0.638. The fraction of sp³-hybridized carbons (Fsp3) is 0.364. The summed E-state index contributed by atoms with van der Waals surface area (Å²) in [5, 5.41) is 3.04. The van der Waals surface area contributed by atoms with Crippen molar-refractivity contribution >= 4 is 17.2 Å². The van der Waals surface area contributed by atoms with Gasteiger partial charge in [-0.1, -0.05) is 44.9 Å². The standard InChI is InChI=1S/C22H27N3O/c1-4-6-8-17-10-12-18(13-11-17)23-22(26)21-19(7-5-2)24-20-14-9-16(3)15-25(20)21/h9-15H,4-8H2,1-3H3,(H,23,26). The largest absolute Gasteiger partial charge is 0.321 e. The second-order valence-electron chi connectivity index (χ2n) is 6.85. The summed E-state index contributed by atoms with van der Waals surface area (Å²) in [7, 11) is 0. The summed E-state index contributed by atoms with van der Waals surface area (Å²) in [5.41, 5.74) is 5.55. The maximum Gasteiger partial charge on any atom is 0.274 e. The first-order valence-electron chi connectivity index (χ1n) is 9.50. The summed E-state index contributed by atoms with van der Waals surface area (Å²) in [5.74, 6) is -0.104. The fourth-order valence-corrected chi connectivity index (χ4v) is 3.18. The highest BCUT2D eigenvalue weighted by atomic mass is 16.2. The van der Waals surface area contributed by atoms with E-state index in [1.165, 1.54) is 18.4 Å². The van der Waals surface area contributed by atoms with Gasteiger partial charge in [0.1, 0.15) is 11.3 Å². The minimum absolute atomic E-state index is 0.104. The molecule has 0 spiro atoms. The van der Waals surface area contributed by atoms with E-state index in [-0.39, 0.29) is 5.91 Å². The Bertz CT molecular complexity index is 894. The van der Waals surface area contributed by atoms with Gasteiger partial charge in [-0.25, -0.2) is 4.98 Å². The molecule has 0 saturated heterocycles. The molecule has 2 heterocycles. The van der Waals surface area contributed by atoms with E-state index in [4.69, 9.17) is 0 Å². The first-order chi connectivity index (χ1) is 12.6. The molecular weight excluding hydrogens is 322 g/mol. The SMILES string of the molecule is CCCCc1ccc(NC(=O)c2c(CCC)nc3ccc(C)cn23)cc1. The number of pyridine rings is 1. The Morgan fingerprint density at radius 1 is 1.04 bits per heavy atom. The molecule has 1 amide bonds. The Labute approximate surface area is 155 Å². The van der Waals surface area contributed by atoms with Crippen molar-refractivity contribution in [3.05, 3.63) is 65.1 Å². The van der Waals surface area contributed by atoms with E-state index in [1.54, 1.807) is 0 Å². The molecule has 136 valence electrons. The fourth-order valence-electron chi connectivity index (χ4n) is 3.18. The molecule has 0 fully saturated rings. The second-order valence-corrected chi connectivity index (χ2v) is 6.85. The summed E-state index contributed by atoms with van der Waals surface area (Å²) >= 11 is 0. The van der Waals surface area contributed by atoms with E-state index < -0.39 is 0 Å². The lowest BCUT2D eigenvalue weighted by atomic mass is 10.1. The number of anilines is 1. The first kappa shape index (κ1) is 18.2. The van der Waals surface area contributed by atoms with Gasteiger partial charge in [0.2, 0.25) is 0 Å². The van der Waals surface area contributed by atoms with Gasteiger partial charge in [-0.3, -0.25) is 9.20 Å². The monoisotopic (exact) mass is 349 g/mol. The van der Waals surface area contributed by atoms with Crippen LogP contribution in [-0.2, 0) is 12.8 Å². The molecule has 3 rings (SSSR count). The number of carbonyl (C=O) groups excluding carboxylic acids is 1. The van der Waals surface area contributed by atoms with E-state index in [1.807, 2.05) is 41.8 Å². The minimum Gasteiger partial charge on any atom is -0.321 e. The summed E-state index contributed by atoms with van der Waals surface area (Å²) in [6, 6.07) is 12.1. The van der Waals surface area contributed by atoms with Gasteiger partial charge in [-0.2, -0.15) is 0 Å². The Kier molecular flexibility index (Phi) is 5.71. The van der Waals surface area contributed by atoms with Crippen LogP contribution in [-0.4, -0.2) is 15.3 Å². The van der Waals surface area contributed by atoms with Crippen molar-refractivity contribution in [1.82, 2.24) is 9.38 Å². The second kappa shape index (κ2) is 8.17. The smallest absolute Gasteiger partial charge is 0.274 e. The van der Waals surface area contributed by atoms with Crippen molar-refractivity contribution < 1.29 is 4.79 Å². The lowest BCUT2D eigenvalue weighted by Crippen LogP contribution is -2.16. The summed E-state index contributed by atoms with van der Waals surface area (Å²) < 4.78 is 1.91. The number of rotatable bonds is 7. The van der Waals surface area contributed by atoms with Crippen LogP contribution in [0.1, 0.15) is 60.4 Å². The van der Waals surface area contributed by atoms with Crippen LogP contribution in [0.3, 0.4) is 0 Å². The Hall–Kier alpha value is -2.62. The predicted octanol–water partition coefficient (Wildman–Crippen LogP) is 5.19. The van der Waals surface area contributed by atoms with E-state index in [9.17, 15) is 4.79 Å².